The molecule has 3 heteroatoms. The molecule has 126 valence electrons. The minimum absolute atomic E-state index is 0.243. The van der Waals surface area contributed by atoms with E-state index < -0.39 is 5.97 Å². The topological polar surface area (TPSA) is 43.4 Å². The molecule has 0 amide bonds. The molecule has 0 saturated heterocycles. The van der Waals surface area contributed by atoms with Crippen molar-refractivity contribution in [1.82, 2.24) is 0 Å². The van der Waals surface area contributed by atoms with Gasteiger partial charge in [0.25, 0.3) is 0 Å². The monoisotopic (exact) mass is 332 g/mol. The minimum Gasteiger partial charge on any atom is -0.423 e. The van der Waals surface area contributed by atoms with E-state index in [1.54, 1.807) is 18.2 Å². The van der Waals surface area contributed by atoms with Crippen LogP contribution >= 0.6 is 0 Å². The smallest absolute Gasteiger partial charge is 0.336 e. The van der Waals surface area contributed by atoms with Crippen LogP contribution in [0.15, 0.2) is 66.2 Å². The van der Waals surface area contributed by atoms with Crippen LogP contribution < -0.4 is 4.74 Å². The molecule has 2 aromatic carbocycles. The predicted octanol–water partition coefficient (Wildman–Crippen LogP) is 4.83. The maximum absolute atomic E-state index is 11.9. The maximum atomic E-state index is 11.9. The Hall–Kier alpha value is -2.94. The lowest BCUT2D eigenvalue weighted by Crippen LogP contribution is -2.08. The van der Waals surface area contributed by atoms with Gasteiger partial charge in [0.2, 0.25) is 0 Å². The van der Waals surface area contributed by atoms with Gasteiger partial charge in [0.05, 0.1) is 0 Å². The number of ether oxygens (including phenoxy) is 1. The molecule has 0 aliphatic heterocycles. The first-order valence-electron chi connectivity index (χ1n) is 8.49. The summed E-state index contributed by atoms with van der Waals surface area (Å²) < 4.78 is 5.29. The fraction of sp³-hybridized carbons (Fsp3) is 0.182. The third kappa shape index (κ3) is 5.01. The molecule has 1 aliphatic carbocycles. The van der Waals surface area contributed by atoms with Gasteiger partial charge >= 0.3 is 5.97 Å². The van der Waals surface area contributed by atoms with Gasteiger partial charge in [-0.2, -0.15) is 0 Å². The third-order valence-corrected chi connectivity index (χ3v) is 4.11. The van der Waals surface area contributed by atoms with Gasteiger partial charge in [0, 0.05) is 12.5 Å². The summed E-state index contributed by atoms with van der Waals surface area (Å²) in [5, 5.41) is 0. The lowest BCUT2D eigenvalue weighted by atomic mass is 9.92. The van der Waals surface area contributed by atoms with Crippen molar-refractivity contribution in [2.75, 3.05) is 0 Å². The Bertz CT molecular complexity index is 799. The normalized spacial score (nSPS) is 16.3. The van der Waals surface area contributed by atoms with Gasteiger partial charge in [0.1, 0.15) is 5.75 Å². The number of benzene rings is 2. The first-order valence-corrected chi connectivity index (χ1v) is 8.49. The maximum Gasteiger partial charge on any atom is 0.336 e. The predicted molar refractivity (Wildman–Crippen MR) is 99.0 cm³/mol. The van der Waals surface area contributed by atoms with Gasteiger partial charge in [-0.3, -0.25) is 4.79 Å². The molecule has 0 heterocycles. The van der Waals surface area contributed by atoms with Crippen LogP contribution in [0.5, 0.6) is 5.75 Å². The average molecular weight is 332 g/mol. The van der Waals surface area contributed by atoms with E-state index in [9.17, 15) is 9.59 Å². The quantitative estimate of drug-likeness (QED) is 0.457. The zero-order valence-corrected chi connectivity index (χ0v) is 14.0. The number of allylic oxidation sites excluding steroid dienone is 1. The van der Waals surface area contributed by atoms with Gasteiger partial charge in [0.15, 0.2) is 5.78 Å². The molecular weight excluding hydrogens is 312 g/mol. The summed E-state index contributed by atoms with van der Waals surface area (Å²) in [6.07, 6.45) is 8.61. The second kappa shape index (κ2) is 8.25. The largest absolute Gasteiger partial charge is 0.423 e. The lowest BCUT2D eigenvalue weighted by molar-refractivity contribution is -0.128. The van der Waals surface area contributed by atoms with Crippen molar-refractivity contribution in [3.05, 3.63) is 77.4 Å². The molecule has 3 nitrogen and oxygen atoms in total. The van der Waals surface area contributed by atoms with E-state index in [2.05, 4.69) is 0 Å². The molecule has 0 N–H and O–H groups in total. The Labute approximate surface area is 147 Å². The molecule has 1 fully saturated rings. The van der Waals surface area contributed by atoms with Crippen LogP contribution in [0.1, 0.15) is 36.8 Å². The van der Waals surface area contributed by atoms with Crippen LogP contribution in [-0.2, 0) is 9.59 Å². The van der Waals surface area contributed by atoms with E-state index in [0.29, 0.717) is 12.2 Å². The SMILES string of the molecule is O=C(/C=C\c1ccccc1)Oc1ccc(/C=C2\CCCCC2=O)cc1. The molecular formula is C22H20O3. The number of hydrogen-bond donors (Lipinski definition) is 0. The number of esters is 1. The second-order valence-electron chi connectivity index (χ2n) is 6.03. The fourth-order valence-electron chi connectivity index (χ4n) is 2.77. The van der Waals surface area contributed by atoms with Crippen LogP contribution in [0.25, 0.3) is 12.2 Å². The lowest BCUT2D eigenvalue weighted by Gasteiger charge is -2.12. The van der Waals surface area contributed by atoms with Gasteiger partial charge in [-0.15, -0.1) is 0 Å². The van der Waals surface area contributed by atoms with Crippen LogP contribution in [-0.4, -0.2) is 11.8 Å². The summed E-state index contributed by atoms with van der Waals surface area (Å²) in [7, 11) is 0. The Balaban J connectivity index is 1.60. The van der Waals surface area contributed by atoms with Crippen LogP contribution in [0, 0.1) is 0 Å². The molecule has 0 radical (unpaired) electrons. The number of Topliss-reactive ketones (excluding diaryl/α,β-unsaturated/α-hetero) is 1. The highest BCUT2D eigenvalue weighted by Crippen LogP contribution is 2.23. The van der Waals surface area contributed by atoms with Crippen molar-refractivity contribution in [2.24, 2.45) is 0 Å². The molecule has 0 spiro atoms. The van der Waals surface area contributed by atoms with E-state index in [4.69, 9.17) is 4.74 Å². The van der Waals surface area contributed by atoms with E-state index in [-0.39, 0.29) is 5.78 Å². The minimum atomic E-state index is -0.419. The van der Waals surface area contributed by atoms with Crippen molar-refractivity contribution >= 4 is 23.9 Å². The van der Waals surface area contributed by atoms with Crippen LogP contribution in [0.3, 0.4) is 0 Å². The van der Waals surface area contributed by atoms with E-state index in [1.807, 2.05) is 48.5 Å². The van der Waals surface area contributed by atoms with Crippen LogP contribution in [0.2, 0.25) is 0 Å². The Kier molecular flexibility index (Phi) is 5.57. The van der Waals surface area contributed by atoms with E-state index in [0.717, 1.165) is 36.0 Å². The molecule has 0 unspecified atom stereocenters. The van der Waals surface area contributed by atoms with Crippen molar-refractivity contribution in [3.63, 3.8) is 0 Å². The van der Waals surface area contributed by atoms with Gasteiger partial charge in [-0.05, 0) is 60.2 Å². The molecule has 0 aromatic heterocycles. The highest BCUT2D eigenvalue weighted by molar-refractivity contribution is 6.00. The van der Waals surface area contributed by atoms with Gasteiger partial charge in [-0.25, -0.2) is 4.79 Å². The molecule has 0 atom stereocenters. The summed E-state index contributed by atoms with van der Waals surface area (Å²) in [6, 6.07) is 16.8. The number of rotatable bonds is 4. The number of carbonyl (C=O) groups excluding carboxylic acids is 2. The Morgan fingerprint density at radius 2 is 1.60 bits per heavy atom. The van der Waals surface area contributed by atoms with Gasteiger partial charge in [-0.1, -0.05) is 42.5 Å². The van der Waals surface area contributed by atoms with Crippen molar-refractivity contribution in [2.45, 2.75) is 25.7 Å². The standard InChI is InChI=1S/C22H20O3/c23-21-9-5-4-8-19(21)16-18-10-13-20(14-11-18)25-22(24)15-12-17-6-2-1-3-7-17/h1-3,6-7,10-16H,4-5,8-9H2/b15-12-,19-16+. The van der Waals surface area contributed by atoms with Crippen molar-refractivity contribution in [3.8, 4) is 5.75 Å². The molecule has 0 bridgehead atoms. The summed E-state index contributed by atoms with van der Waals surface area (Å²) in [6.45, 7) is 0. The zero-order valence-electron chi connectivity index (χ0n) is 14.0. The first kappa shape index (κ1) is 16.9. The molecule has 2 aromatic rings. The van der Waals surface area contributed by atoms with Crippen molar-refractivity contribution < 1.29 is 14.3 Å². The zero-order chi connectivity index (χ0) is 17.5. The van der Waals surface area contributed by atoms with E-state index >= 15 is 0 Å². The average Bonchev–Trinajstić information content (AvgIpc) is 2.64. The van der Waals surface area contributed by atoms with Crippen LogP contribution in [0.4, 0.5) is 0 Å². The Morgan fingerprint density at radius 1 is 0.880 bits per heavy atom. The second-order valence-corrected chi connectivity index (χ2v) is 6.03. The fourth-order valence-corrected chi connectivity index (χ4v) is 2.77. The third-order valence-electron chi connectivity index (χ3n) is 4.11. The Morgan fingerprint density at radius 3 is 2.32 bits per heavy atom. The molecule has 1 aliphatic rings. The number of hydrogen-bond acceptors (Lipinski definition) is 3. The summed E-state index contributed by atoms with van der Waals surface area (Å²) in [5.74, 6) is 0.310. The molecule has 3 rings (SSSR count). The van der Waals surface area contributed by atoms with Crippen molar-refractivity contribution in [1.29, 1.82) is 0 Å². The first-order chi connectivity index (χ1) is 12.2. The molecule has 25 heavy (non-hydrogen) atoms. The summed E-state index contributed by atoms with van der Waals surface area (Å²) in [4.78, 5) is 23.7. The van der Waals surface area contributed by atoms with E-state index in [1.165, 1.54) is 6.08 Å². The molecule has 1 saturated carbocycles. The number of ketones is 1. The highest BCUT2D eigenvalue weighted by atomic mass is 16.5. The number of carbonyl (C=O) groups is 2. The summed E-state index contributed by atoms with van der Waals surface area (Å²) >= 11 is 0. The van der Waals surface area contributed by atoms with Gasteiger partial charge < -0.3 is 4.74 Å². The summed E-state index contributed by atoms with van der Waals surface area (Å²) in [5.41, 5.74) is 2.78. The highest BCUT2D eigenvalue weighted by Gasteiger charge is 2.14.